The molecule has 0 N–H and O–H groups in total. The van der Waals surface area contributed by atoms with E-state index in [9.17, 15) is 0 Å². The van der Waals surface area contributed by atoms with E-state index < -0.39 is 0 Å². The summed E-state index contributed by atoms with van der Waals surface area (Å²) in [6.07, 6.45) is -0.102. The highest BCUT2D eigenvalue weighted by Gasteiger charge is 2.45. The van der Waals surface area contributed by atoms with E-state index >= 15 is 0 Å². The van der Waals surface area contributed by atoms with Gasteiger partial charge in [-0.05, 0) is 84.6 Å². The van der Waals surface area contributed by atoms with Crippen LogP contribution in [0.25, 0.3) is 0 Å². The molecule has 0 radical (unpaired) electrons. The first kappa shape index (κ1) is 20.7. The summed E-state index contributed by atoms with van der Waals surface area (Å²) in [6.45, 7) is 20.7. The Labute approximate surface area is 171 Å². The summed E-state index contributed by atoms with van der Waals surface area (Å²) in [7, 11) is 0. The normalized spacial score (nSPS) is 22.2. The first-order valence-electron chi connectivity index (χ1n) is 10.5. The van der Waals surface area contributed by atoms with Gasteiger partial charge >= 0.3 is 0 Å². The van der Waals surface area contributed by atoms with Crippen molar-refractivity contribution in [1.29, 1.82) is 0 Å². The molecule has 3 nitrogen and oxygen atoms in total. The summed E-state index contributed by atoms with van der Waals surface area (Å²) in [5.41, 5.74) is 10.5. The number of aryl methyl sites for hydroxylation is 6. The molecule has 28 heavy (non-hydrogen) atoms. The highest BCUT2D eigenvalue weighted by molar-refractivity contribution is 5.68. The molecule has 0 aromatic heterocycles. The van der Waals surface area contributed by atoms with Crippen LogP contribution < -0.4 is 9.80 Å². The Balaban J connectivity index is 2.17. The fourth-order valence-corrected chi connectivity index (χ4v) is 5.10. The maximum absolute atomic E-state index is 6.41. The van der Waals surface area contributed by atoms with Gasteiger partial charge in [0.25, 0.3) is 0 Å². The van der Waals surface area contributed by atoms with E-state index in [1.165, 1.54) is 44.8 Å². The molecule has 2 aromatic carbocycles. The third-order valence-corrected chi connectivity index (χ3v) is 6.15. The van der Waals surface area contributed by atoms with Gasteiger partial charge in [-0.2, -0.15) is 0 Å². The van der Waals surface area contributed by atoms with Crippen LogP contribution in [0.3, 0.4) is 0 Å². The molecule has 3 rings (SSSR count). The molecule has 2 aromatic rings. The fraction of sp³-hybridized carbons (Fsp3) is 0.520. The van der Waals surface area contributed by atoms with E-state index in [2.05, 4.69) is 96.4 Å². The molecule has 0 aliphatic carbocycles. The predicted molar refractivity (Wildman–Crippen MR) is 121 cm³/mol. The Morgan fingerprint density at radius 3 is 1.29 bits per heavy atom. The van der Waals surface area contributed by atoms with Gasteiger partial charge in [-0.3, -0.25) is 0 Å². The second kappa shape index (κ2) is 7.79. The number of hydrogen-bond acceptors (Lipinski definition) is 3. The number of anilines is 2. The van der Waals surface area contributed by atoms with Crippen LogP contribution in [0.15, 0.2) is 24.3 Å². The van der Waals surface area contributed by atoms with Crippen LogP contribution in [0.5, 0.6) is 0 Å². The minimum Gasteiger partial charge on any atom is -0.341 e. The van der Waals surface area contributed by atoms with E-state index in [4.69, 9.17) is 4.74 Å². The van der Waals surface area contributed by atoms with Crippen molar-refractivity contribution in [2.45, 2.75) is 80.7 Å². The zero-order chi connectivity index (χ0) is 20.7. The van der Waals surface area contributed by atoms with Gasteiger partial charge in [0.15, 0.2) is 0 Å². The van der Waals surface area contributed by atoms with Gasteiger partial charge in [-0.25, -0.2) is 0 Å². The van der Waals surface area contributed by atoms with Crippen molar-refractivity contribution in [3.05, 3.63) is 57.6 Å². The van der Waals surface area contributed by atoms with Crippen molar-refractivity contribution in [2.24, 2.45) is 0 Å². The molecule has 0 saturated carbocycles. The lowest BCUT2D eigenvalue weighted by atomic mass is 10.0. The maximum Gasteiger partial charge on any atom is 0.211 e. The van der Waals surface area contributed by atoms with E-state index in [-0.39, 0.29) is 6.35 Å². The van der Waals surface area contributed by atoms with Gasteiger partial charge in [0.2, 0.25) is 6.35 Å². The number of ether oxygens (including phenoxy) is 1. The lowest BCUT2D eigenvalue weighted by Crippen LogP contribution is -2.44. The molecular formula is C25H36N2O. The predicted octanol–water partition coefficient (Wildman–Crippen LogP) is 5.96. The maximum atomic E-state index is 6.41. The Morgan fingerprint density at radius 2 is 1.00 bits per heavy atom. The van der Waals surface area contributed by atoms with Gasteiger partial charge in [0.05, 0.1) is 12.1 Å². The van der Waals surface area contributed by atoms with Gasteiger partial charge in [0, 0.05) is 18.0 Å². The average molecular weight is 381 g/mol. The van der Waals surface area contributed by atoms with Crippen molar-refractivity contribution in [3.63, 3.8) is 0 Å². The van der Waals surface area contributed by atoms with Crippen molar-refractivity contribution in [1.82, 2.24) is 0 Å². The second-order valence-corrected chi connectivity index (χ2v) is 8.57. The Kier molecular flexibility index (Phi) is 5.77. The lowest BCUT2D eigenvalue weighted by Gasteiger charge is -2.36. The Morgan fingerprint density at radius 1 is 0.679 bits per heavy atom. The summed E-state index contributed by atoms with van der Waals surface area (Å²) < 4.78 is 6.41. The third-order valence-electron chi connectivity index (χ3n) is 6.15. The molecule has 1 fully saturated rings. The van der Waals surface area contributed by atoms with Crippen LogP contribution in [0.1, 0.15) is 54.2 Å². The summed E-state index contributed by atoms with van der Waals surface area (Å²) in [4.78, 5) is 4.99. The molecule has 2 atom stereocenters. The highest BCUT2D eigenvalue weighted by Crippen LogP contribution is 2.41. The van der Waals surface area contributed by atoms with E-state index in [0.717, 1.165) is 0 Å². The average Bonchev–Trinajstić information content (AvgIpc) is 2.79. The molecule has 0 amide bonds. The van der Waals surface area contributed by atoms with Crippen LogP contribution in [0.4, 0.5) is 11.4 Å². The summed E-state index contributed by atoms with van der Waals surface area (Å²) >= 11 is 0. The zero-order valence-corrected chi connectivity index (χ0v) is 19.1. The molecule has 0 spiro atoms. The van der Waals surface area contributed by atoms with Crippen molar-refractivity contribution >= 4 is 11.4 Å². The van der Waals surface area contributed by atoms with Crippen LogP contribution in [0, 0.1) is 41.5 Å². The SMILES string of the molecule is CCOC1N(c2c(C)cc(C)cc2C)C(C)C(C)N1c1c(C)cc(C)cc1C. The molecule has 3 heteroatoms. The summed E-state index contributed by atoms with van der Waals surface area (Å²) in [5.74, 6) is 0. The molecule has 152 valence electrons. The molecule has 1 saturated heterocycles. The molecule has 0 bridgehead atoms. The highest BCUT2D eigenvalue weighted by atomic mass is 16.5. The van der Waals surface area contributed by atoms with Crippen molar-refractivity contribution in [2.75, 3.05) is 16.4 Å². The monoisotopic (exact) mass is 380 g/mol. The summed E-state index contributed by atoms with van der Waals surface area (Å²) in [6, 6.07) is 9.83. The van der Waals surface area contributed by atoms with Crippen LogP contribution in [-0.2, 0) is 4.74 Å². The van der Waals surface area contributed by atoms with Crippen molar-refractivity contribution < 1.29 is 4.74 Å². The van der Waals surface area contributed by atoms with E-state index in [1.54, 1.807) is 0 Å². The fourth-order valence-electron chi connectivity index (χ4n) is 5.10. The third kappa shape index (κ3) is 3.41. The number of hydrogen-bond donors (Lipinski definition) is 0. The molecular weight excluding hydrogens is 344 g/mol. The zero-order valence-electron chi connectivity index (χ0n) is 19.1. The summed E-state index contributed by atoms with van der Waals surface area (Å²) in [5, 5.41) is 0. The number of rotatable bonds is 4. The van der Waals surface area contributed by atoms with E-state index in [1.807, 2.05) is 0 Å². The quantitative estimate of drug-likeness (QED) is 0.651. The smallest absolute Gasteiger partial charge is 0.211 e. The van der Waals surface area contributed by atoms with Gasteiger partial charge < -0.3 is 14.5 Å². The van der Waals surface area contributed by atoms with E-state index in [0.29, 0.717) is 18.7 Å². The number of benzene rings is 2. The topological polar surface area (TPSA) is 15.7 Å². The second-order valence-electron chi connectivity index (χ2n) is 8.57. The van der Waals surface area contributed by atoms with Crippen LogP contribution in [-0.4, -0.2) is 25.0 Å². The van der Waals surface area contributed by atoms with Gasteiger partial charge in [-0.15, -0.1) is 0 Å². The minimum atomic E-state index is -0.102. The molecule has 2 unspecified atom stereocenters. The van der Waals surface area contributed by atoms with Crippen LogP contribution >= 0.6 is 0 Å². The Bertz CT molecular complexity index is 757. The molecule has 1 aliphatic heterocycles. The largest absolute Gasteiger partial charge is 0.341 e. The van der Waals surface area contributed by atoms with Gasteiger partial charge in [-0.1, -0.05) is 35.4 Å². The first-order valence-corrected chi connectivity index (χ1v) is 10.5. The van der Waals surface area contributed by atoms with Crippen molar-refractivity contribution in [3.8, 4) is 0 Å². The number of nitrogens with zero attached hydrogens (tertiary/aromatic N) is 2. The lowest BCUT2D eigenvalue weighted by molar-refractivity contribution is 0.0698. The van der Waals surface area contributed by atoms with Crippen LogP contribution in [0.2, 0.25) is 0 Å². The molecule has 1 aliphatic rings. The Hall–Kier alpha value is -2.00. The molecule has 1 heterocycles. The standard InChI is InChI=1S/C25H36N2O/c1-10-28-25-26(23-17(4)11-15(2)12-18(23)5)21(8)22(9)27(25)24-19(6)13-16(3)14-20(24)7/h11-14,21-22,25H,10H2,1-9H3. The first-order chi connectivity index (χ1) is 13.2. The van der Waals surface area contributed by atoms with Gasteiger partial charge in [0.1, 0.15) is 0 Å². The minimum absolute atomic E-state index is 0.102.